The molecule has 2 rings (SSSR count). The van der Waals surface area contributed by atoms with Crippen LogP contribution in [0.15, 0.2) is 18.2 Å². The van der Waals surface area contributed by atoms with Crippen molar-refractivity contribution in [3.05, 3.63) is 29.3 Å². The van der Waals surface area contributed by atoms with Crippen LogP contribution in [0.2, 0.25) is 0 Å². The molecular formula is C13H17N3O2. The van der Waals surface area contributed by atoms with E-state index in [2.05, 4.69) is 11.0 Å². The van der Waals surface area contributed by atoms with Crippen LogP contribution in [0.3, 0.4) is 0 Å². The van der Waals surface area contributed by atoms with E-state index >= 15 is 0 Å². The first-order valence-electron chi connectivity index (χ1n) is 5.87. The number of nitrogens with zero attached hydrogens (tertiary/aromatic N) is 1. The van der Waals surface area contributed by atoms with Crippen LogP contribution in [-0.2, 0) is 9.53 Å². The van der Waals surface area contributed by atoms with Crippen molar-refractivity contribution < 1.29 is 9.53 Å². The number of hydrogen-bond donors (Lipinski definition) is 2. The van der Waals surface area contributed by atoms with E-state index in [4.69, 9.17) is 4.74 Å². The number of esters is 1. The summed E-state index contributed by atoms with van der Waals surface area (Å²) in [6, 6.07) is 3.98. The van der Waals surface area contributed by atoms with Gasteiger partial charge in [-0.15, -0.1) is 5.53 Å². The van der Waals surface area contributed by atoms with E-state index in [1.54, 1.807) is 13.0 Å². The van der Waals surface area contributed by atoms with Gasteiger partial charge >= 0.3 is 5.97 Å². The van der Waals surface area contributed by atoms with Crippen LogP contribution in [0.4, 0.5) is 11.4 Å². The van der Waals surface area contributed by atoms with Crippen LogP contribution < -0.4 is 16.0 Å². The lowest BCUT2D eigenvalue weighted by Crippen LogP contribution is -2.31. The molecule has 0 saturated heterocycles. The summed E-state index contributed by atoms with van der Waals surface area (Å²) >= 11 is 0. The number of benzene rings is 1. The number of hydrazine groups is 2. The summed E-state index contributed by atoms with van der Waals surface area (Å²) in [6.45, 7) is 4.19. The maximum atomic E-state index is 11.3. The van der Waals surface area contributed by atoms with Crippen molar-refractivity contribution in [1.82, 2.24) is 5.53 Å². The molecule has 0 spiro atoms. The zero-order valence-corrected chi connectivity index (χ0v) is 10.8. The highest BCUT2D eigenvalue weighted by Crippen LogP contribution is 2.33. The van der Waals surface area contributed by atoms with Crippen molar-refractivity contribution >= 4 is 23.4 Å². The molecule has 0 radical (unpaired) electrons. The Morgan fingerprint density at radius 1 is 1.50 bits per heavy atom. The Bertz CT molecular complexity index is 497. The summed E-state index contributed by atoms with van der Waals surface area (Å²) in [5.74, 6) is -0.319. The van der Waals surface area contributed by atoms with E-state index in [0.29, 0.717) is 6.61 Å². The number of carbonyl (C=O) groups is 1. The van der Waals surface area contributed by atoms with Gasteiger partial charge in [0.05, 0.1) is 18.0 Å². The fourth-order valence-electron chi connectivity index (χ4n) is 1.88. The van der Waals surface area contributed by atoms with Gasteiger partial charge in [0.2, 0.25) is 0 Å². The lowest BCUT2D eigenvalue weighted by Gasteiger charge is -2.10. The lowest BCUT2D eigenvalue weighted by atomic mass is 10.0. The number of nitrogens with one attached hydrogen (secondary N) is 2. The average Bonchev–Trinajstić information content (AvgIpc) is 2.72. The van der Waals surface area contributed by atoms with Gasteiger partial charge in [-0.1, -0.05) is 6.07 Å². The summed E-state index contributed by atoms with van der Waals surface area (Å²) in [5, 5.41) is 1.90. The van der Waals surface area contributed by atoms with E-state index in [9.17, 15) is 4.79 Å². The molecule has 0 unspecified atom stereocenters. The minimum Gasteiger partial charge on any atom is -0.463 e. The highest BCUT2D eigenvalue weighted by atomic mass is 16.5. The van der Waals surface area contributed by atoms with Gasteiger partial charge in [0, 0.05) is 13.1 Å². The molecule has 0 saturated carbocycles. The van der Waals surface area contributed by atoms with Crippen molar-refractivity contribution in [2.75, 3.05) is 24.1 Å². The van der Waals surface area contributed by atoms with Gasteiger partial charge in [-0.3, -0.25) is 5.01 Å². The molecule has 1 aliphatic heterocycles. The second kappa shape index (κ2) is 5.10. The fourth-order valence-corrected chi connectivity index (χ4v) is 1.88. The van der Waals surface area contributed by atoms with Gasteiger partial charge in [0.1, 0.15) is 0 Å². The fraction of sp³-hybridized carbons (Fsp3) is 0.308. The molecule has 0 amide bonds. The second-order valence-corrected chi connectivity index (χ2v) is 4.06. The number of hydrogen-bond acceptors (Lipinski definition) is 5. The van der Waals surface area contributed by atoms with Crippen LogP contribution in [-0.4, -0.2) is 19.6 Å². The standard InChI is InChI=1S/C13H17N3O2/c1-4-18-12(17)8-6-10-5-7-11-13(9(10)2)14-15-16(11)3/h5-8,14-15H,4H2,1-3H3. The molecule has 5 heteroatoms. The highest BCUT2D eigenvalue weighted by molar-refractivity contribution is 5.89. The first-order valence-corrected chi connectivity index (χ1v) is 5.87. The van der Waals surface area contributed by atoms with Crippen molar-refractivity contribution in [2.45, 2.75) is 13.8 Å². The first kappa shape index (κ1) is 12.4. The monoisotopic (exact) mass is 247 g/mol. The van der Waals surface area contributed by atoms with E-state index in [1.165, 1.54) is 6.08 Å². The second-order valence-electron chi connectivity index (χ2n) is 4.06. The molecule has 0 aromatic heterocycles. The van der Waals surface area contributed by atoms with Crippen LogP contribution in [0.25, 0.3) is 6.08 Å². The van der Waals surface area contributed by atoms with Gasteiger partial charge in [-0.05, 0) is 37.1 Å². The molecule has 0 fully saturated rings. The predicted octanol–water partition coefficient (Wildman–Crippen LogP) is 1.85. The van der Waals surface area contributed by atoms with E-state index < -0.39 is 0 Å². The SMILES string of the molecule is CCOC(=O)C=Cc1ccc2c(c1C)NNN2C. The van der Waals surface area contributed by atoms with Crippen molar-refractivity contribution in [3.63, 3.8) is 0 Å². The van der Waals surface area contributed by atoms with Crippen LogP contribution in [0, 0.1) is 6.92 Å². The number of anilines is 2. The molecule has 1 aromatic carbocycles. The van der Waals surface area contributed by atoms with E-state index in [1.807, 2.05) is 31.1 Å². The van der Waals surface area contributed by atoms with Crippen molar-refractivity contribution in [3.8, 4) is 0 Å². The van der Waals surface area contributed by atoms with Crippen LogP contribution >= 0.6 is 0 Å². The molecule has 0 aliphatic carbocycles. The zero-order chi connectivity index (χ0) is 13.1. The summed E-state index contributed by atoms with van der Waals surface area (Å²) < 4.78 is 4.85. The summed E-state index contributed by atoms with van der Waals surface area (Å²) in [5.41, 5.74) is 10.3. The topological polar surface area (TPSA) is 53.6 Å². The number of rotatable bonds is 3. The highest BCUT2D eigenvalue weighted by Gasteiger charge is 2.17. The van der Waals surface area contributed by atoms with Gasteiger partial charge in [-0.25, -0.2) is 4.79 Å². The Hall–Kier alpha value is -2.01. The maximum Gasteiger partial charge on any atom is 0.330 e. The number of carbonyl (C=O) groups excluding carboxylic acids is 1. The normalized spacial score (nSPS) is 13.6. The third kappa shape index (κ3) is 2.31. The van der Waals surface area contributed by atoms with E-state index in [0.717, 1.165) is 22.5 Å². The Morgan fingerprint density at radius 2 is 2.28 bits per heavy atom. The third-order valence-electron chi connectivity index (χ3n) is 2.88. The molecule has 0 bridgehead atoms. The number of ether oxygens (including phenoxy) is 1. The molecule has 18 heavy (non-hydrogen) atoms. The van der Waals surface area contributed by atoms with Gasteiger partial charge in [-0.2, -0.15) is 0 Å². The lowest BCUT2D eigenvalue weighted by molar-refractivity contribution is -0.137. The Morgan fingerprint density at radius 3 is 3.00 bits per heavy atom. The van der Waals surface area contributed by atoms with Gasteiger partial charge in [0.25, 0.3) is 0 Å². The van der Waals surface area contributed by atoms with E-state index in [-0.39, 0.29) is 5.97 Å². The smallest absolute Gasteiger partial charge is 0.330 e. The minimum absolute atomic E-state index is 0.319. The van der Waals surface area contributed by atoms with Crippen LogP contribution in [0.5, 0.6) is 0 Å². The van der Waals surface area contributed by atoms with Crippen LogP contribution in [0.1, 0.15) is 18.1 Å². The van der Waals surface area contributed by atoms with Crippen molar-refractivity contribution in [2.24, 2.45) is 0 Å². The molecule has 96 valence electrons. The summed E-state index contributed by atoms with van der Waals surface area (Å²) in [4.78, 5) is 11.3. The first-order chi connectivity index (χ1) is 8.63. The molecule has 1 aliphatic rings. The van der Waals surface area contributed by atoms with Gasteiger partial charge in [0.15, 0.2) is 0 Å². The number of fused-ring (bicyclic) bond motifs is 1. The summed E-state index contributed by atoms with van der Waals surface area (Å²) in [7, 11) is 1.94. The molecule has 1 heterocycles. The minimum atomic E-state index is -0.319. The zero-order valence-electron chi connectivity index (χ0n) is 10.8. The van der Waals surface area contributed by atoms with Crippen molar-refractivity contribution in [1.29, 1.82) is 0 Å². The predicted molar refractivity (Wildman–Crippen MR) is 72.0 cm³/mol. The molecule has 1 aromatic rings. The molecular weight excluding hydrogens is 230 g/mol. The largest absolute Gasteiger partial charge is 0.463 e. The summed E-state index contributed by atoms with van der Waals surface area (Å²) in [6.07, 6.45) is 3.22. The average molecular weight is 247 g/mol. The molecule has 2 N–H and O–H groups in total. The molecule has 0 atom stereocenters. The van der Waals surface area contributed by atoms with Gasteiger partial charge < -0.3 is 10.2 Å². The Kier molecular flexibility index (Phi) is 3.53. The Labute approximate surface area is 106 Å². The molecule has 5 nitrogen and oxygen atoms in total. The maximum absolute atomic E-state index is 11.3. The Balaban J connectivity index is 2.23. The quantitative estimate of drug-likeness (QED) is 0.630. The third-order valence-corrected chi connectivity index (χ3v) is 2.88.